The molecule has 3 aromatic rings. The molecule has 174 valence electrons. The van der Waals surface area contributed by atoms with Crippen LogP contribution in [-0.2, 0) is 11.0 Å². The summed E-state index contributed by atoms with van der Waals surface area (Å²) in [6.07, 6.45) is -0.0549. The van der Waals surface area contributed by atoms with E-state index in [2.05, 4.69) is 4.98 Å². The number of phenolic OH excluding ortho intramolecular Hbond substituents is 1. The molecule has 0 spiro atoms. The van der Waals surface area contributed by atoms with Crippen molar-refractivity contribution in [2.24, 2.45) is 0 Å². The first-order valence-corrected chi connectivity index (χ1v) is 11.2. The molecule has 1 saturated heterocycles. The summed E-state index contributed by atoms with van der Waals surface area (Å²) in [6.45, 7) is 2.11. The molecule has 6 nitrogen and oxygen atoms in total. The maximum atomic E-state index is 13.1. The minimum absolute atomic E-state index is 0.0576. The summed E-state index contributed by atoms with van der Waals surface area (Å²) < 4.78 is 41.4. The van der Waals surface area contributed by atoms with Gasteiger partial charge in [-0.25, -0.2) is 4.98 Å². The second-order valence-electron chi connectivity index (χ2n) is 9.18. The Hall–Kier alpha value is -3.10. The summed E-state index contributed by atoms with van der Waals surface area (Å²) in [5.74, 6) is 0.0499. The van der Waals surface area contributed by atoms with E-state index in [0.717, 1.165) is 42.5 Å². The molecule has 1 amide bonds. The van der Waals surface area contributed by atoms with Gasteiger partial charge in [-0.1, -0.05) is 6.42 Å². The number of aromatic nitrogens is 3. The third-order valence-electron chi connectivity index (χ3n) is 6.94. The molecule has 2 aromatic heterocycles. The van der Waals surface area contributed by atoms with Crippen molar-refractivity contribution < 1.29 is 23.1 Å². The molecule has 2 fully saturated rings. The minimum atomic E-state index is -4.54. The van der Waals surface area contributed by atoms with Crippen LogP contribution in [0.4, 0.5) is 13.2 Å². The fourth-order valence-electron chi connectivity index (χ4n) is 4.97. The zero-order valence-corrected chi connectivity index (χ0v) is 18.5. The van der Waals surface area contributed by atoms with Crippen molar-refractivity contribution in [2.45, 2.75) is 57.2 Å². The number of nitrogens with zero attached hydrogens (tertiary/aromatic N) is 4. The number of halogens is 3. The van der Waals surface area contributed by atoms with Crippen LogP contribution in [0.2, 0.25) is 0 Å². The lowest BCUT2D eigenvalue weighted by atomic mass is 9.81. The highest BCUT2D eigenvalue weighted by molar-refractivity contribution is 5.83. The Morgan fingerprint density at radius 3 is 2.52 bits per heavy atom. The van der Waals surface area contributed by atoms with E-state index in [1.807, 2.05) is 10.7 Å². The molecule has 0 bridgehead atoms. The molecule has 1 saturated carbocycles. The van der Waals surface area contributed by atoms with Gasteiger partial charge >= 0.3 is 6.18 Å². The topological polar surface area (TPSA) is 71.2 Å². The highest BCUT2D eigenvalue weighted by Crippen LogP contribution is 2.43. The molecule has 0 unspecified atom stereocenters. The third kappa shape index (κ3) is 3.73. The van der Waals surface area contributed by atoms with Crippen LogP contribution in [0, 0.1) is 6.92 Å². The molecule has 1 aliphatic carbocycles. The Kier molecular flexibility index (Phi) is 5.10. The molecule has 0 radical (unpaired) electrons. The smallest absolute Gasteiger partial charge is 0.416 e. The highest BCUT2D eigenvalue weighted by atomic mass is 19.4. The number of alkyl halides is 3. The predicted octanol–water partition coefficient (Wildman–Crippen LogP) is 5.19. The zero-order valence-electron chi connectivity index (χ0n) is 18.5. The van der Waals surface area contributed by atoms with E-state index in [1.54, 1.807) is 18.0 Å². The van der Waals surface area contributed by atoms with Crippen LogP contribution in [0.3, 0.4) is 0 Å². The monoisotopic (exact) mass is 458 g/mol. The lowest BCUT2D eigenvalue weighted by molar-refractivity contribution is -0.137. The number of phenols is 1. The van der Waals surface area contributed by atoms with Crippen molar-refractivity contribution in [3.8, 4) is 17.0 Å². The molecular weight excluding hydrogens is 433 g/mol. The number of likely N-dealkylation sites (N-methyl/N-ethyl adjacent to an activating group) is 1. The van der Waals surface area contributed by atoms with Gasteiger partial charge in [-0.3, -0.25) is 9.48 Å². The van der Waals surface area contributed by atoms with Gasteiger partial charge in [-0.2, -0.15) is 18.3 Å². The number of likely N-dealkylation sites (tertiary alicyclic amines) is 1. The van der Waals surface area contributed by atoms with Crippen LogP contribution in [-0.4, -0.2) is 44.3 Å². The van der Waals surface area contributed by atoms with E-state index in [-0.39, 0.29) is 17.5 Å². The summed E-state index contributed by atoms with van der Waals surface area (Å²) in [7, 11) is 1.80. The summed E-state index contributed by atoms with van der Waals surface area (Å²) in [5, 5.41) is 16.1. The first-order chi connectivity index (χ1) is 15.6. The van der Waals surface area contributed by atoms with E-state index in [0.29, 0.717) is 42.2 Å². The van der Waals surface area contributed by atoms with Gasteiger partial charge in [-0.05, 0) is 56.0 Å². The summed E-state index contributed by atoms with van der Waals surface area (Å²) in [4.78, 5) is 18.4. The number of piperidine rings is 1. The maximum Gasteiger partial charge on any atom is 0.416 e. The maximum absolute atomic E-state index is 13.1. The Labute approximate surface area is 189 Å². The van der Waals surface area contributed by atoms with E-state index < -0.39 is 17.5 Å². The number of benzene rings is 1. The quantitative estimate of drug-likeness (QED) is 0.586. The number of hydrogen-bond acceptors (Lipinski definition) is 4. The zero-order chi connectivity index (χ0) is 23.5. The van der Waals surface area contributed by atoms with E-state index in [1.165, 1.54) is 6.92 Å². The van der Waals surface area contributed by atoms with Crippen molar-refractivity contribution in [1.82, 2.24) is 19.7 Å². The summed E-state index contributed by atoms with van der Waals surface area (Å²) in [5.41, 5.74) is 1.68. The molecule has 1 aromatic carbocycles. The minimum Gasteiger partial charge on any atom is -0.507 e. The van der Waals surface area contributed by atoms with Crippen LogP contribution in [0.1, 0.15) is 60.9 Å². The standard InChI is InChI=1S/C24H25F3N4O2/c1-13-10-15(24(25,26)27)11-19(32)21(13)18-8-7-17-22(14-4-3-5-14)31(29-23(17)28-18)16-6-9-20(33)30(2)12-16/h7-8,10-11,14,16,32H,3-6,9,12H2,1-2H3/t16-/m0/s1. The summed E-state index contributed by atoms with van der Waals surface area (Å²) in [6, 6.07) is 5.46. The molecular formula is C24H25F3N4O2. The van der Waals surface area contributed by atoms with Gasteiger partial charge in [0, 0.05) is 36.9 Å². The van der Waals surface area contributed by atoms with Crippen molar-refractivity contribution >= 4 is 16.9 Å². The Balaban J connectivity index is 1.60. The molecule has 1 atom stereocenters. The number of hydrogen-bond donors (Lipinski definition) is 1. The van der Waals surface area contributed by atoms with Gasteiger partial charge in [0.1, 0.15) is 5.75 Å². The second-order valence-corrected chi connectivity index (χ2v) is 9.18. The predicted molar refractivity (Wildman–Crippen MR) is 117 cm³/mol. The van der Waals surface area contributed by atoms with Crippen LogP contribution in [0.5, 0.6) is 5.75 Å². The Morgan fingerprint density at radius 1 is 1.15 bits per heavy atom. The van der Waals surface area contributed by atoms with Crippen molar-refractivity contribution in [3.63, 3.8) is 0 Å². The third-order valence-corrected chi connectivity index (χ3v) is 6.94. The lowest BCUT2D eigenvalue weighted by Crippen LogP contribution is -2.39. The number of fused-ring (bicyclic) bond motifs is 1. The number of aromatic hydroxyl groups is 1. The van der Waals surface area contributed by atoms with Gasteiger partial charge < -0.3 is 10.0 Å². The average molecular weight is 458 g/mol. The number of pyridine rings is 1. The van der Waals surface area contributed by atoms with Crippen LogP contribution in [0.15, 0.2) is 24.3 Å². The van der Waals surface area contributed by atoms with Gasteiger partial charge in [0.25, 0.3) is 0 Å². The average Bonchev–Trinajstić information content (AvgIpc) is 3.06. The van der Waals surface area contributed by atoms with E-state index >= 15 is 0 Å². The van der Waals surface area contributed by atoms with Crippen LogP contribution >= 0.6 is 0 Å². The lowest BCUT2D eigenvalue weighted by Gasteiger charge is -2.33. The van der Waals surface area contributed by atoms with E-state index in [4.69, 9.17) is 5.10 Å². The van der Waals surface area contributed by atoms with Gasteiger partial charge in [0.05, 0.1) is 23.0 Å². The Morgan fingerprint density at radius 2 is 1.91 bits per heavy atom. The highest BCUT2D eigenvalue weighted by Gasteiger charge is 2.34. The van der Waals surface area contributed by atoms with Crippen LogP contribution in [0.25, 0.3) is 22.3 Å². The second kappa shape index (κ2) is 7.74. The normalized spacial score (nSPS) is 19.8. The van der Waals surface area contributed by atoms with Gasteiger partial charge in [0.15, 0.2) is 5.65 Å². The van der Waals surface area contributed by atoms with Crippen LogP contribution < -0.4 is 0 Å². The molecule has 1 N–H and O–H groups in total. The number of carbonyl (C=O) groups is 1. The molecule has 5 rings (SSSR count). The fourth-order valence-corrected chi connectivity index (χ4v) is 4.97. The SMILES string of the molecule is Cc1cc(C(F)(F)F)cc(O)c1-c1ccc2c(C3CCC3)n([C@H]3CCC(=O)N(C)C3)nc2n1. The fraction of sp³-hybridized carbons (Fsp3) is 0.458. The van der Waals surface area contributed by atoms with Gasteiger partial charge in [0.2, 0.25) is 5.91 Å². The molecule has 2 aliphatic rings. The molecule has 9 heteroatoms. The van der Waals surface area contributed by atoms with Gasteiger partial charge in [-0.15, -0.1) is 0 Å². The Bertz CT molecular complexity index is 1220. The molecule has 33 heavy (non-hydrogen) atoms. The van der Waals surface area contributed by atoms with Crippen molar-refractivity contribution in [2.75, 3.05) is 13.6 Å². The van der Waals surface area contributed by atoms with Crippen molar-refractivity contribution in [3.05, 3.63) is 41.1 Å². The molecule has 3 heterocycles. The number of carbonyl (C=O) groups excluding carboxylic acids is 1. The number of amides is 1. The summed E-state index contributed by atoms with van der Waals surface area (Å²) >= 11 is 0. The molecule has 1 aliphatic heterocycles. The van der Waals surface area contributed by atoms with Crippen molar-refractivity contribution in [1.29, 1.82) is 0 Å². The largest absolute Gasteiger partial charge is 0.507 e. The first kappa shape index (κ1) is 21.7. The number of aryl methyl sites for hydroxylation is 1. The first-order valence-electron chi connectivity index (χ1n) is 11.2. The van der Waals surface area contributed by atoms with E-state index in [9.17, 15) is 23.1 Å². The number of rotatable bonds is 3.